The highest BCUT2D eigenvalue weighted by atomic mass is 16.5. The molecule has 0 bridgehead atoms. The van der Waals surface area contributed by atoms with Gasteiger partial charge in [-0.25, -0.2) is 0 Å². The Morgan fingerprint density at radius 1 is 1.50 bits per heavy atom. The quantitative estimate of drug-likeness (QED) is 0.729. The second-order valence-corrected chi connectivity index (χ2v) is 4.26. The number of ether oxygens (including phenoxy) is 2. The smallest absolute Gasteiger partial charge is 0.132 e. The number of methoxy groups -OCH3 is 1. The molecule has 1 aliphatic rings. The maximum Gasteiger partial charge on any atom is 0.132 e. The zero-order chi connectivity index (χ0) is 11.6. The molecule has 1 saturated heterocycles. The van der Waals surface area contributed by atoms with E-state index in [2.05, 4.69) is 0 Å². The molecule has 3 heteroatoms. The molecule has 0 radical (unpaired) electrons. The number of carbonyl (C=O) groups excluding carboxylic acids is 1. The Hall–Kier alpha value is -1.35. The first-order chi connectivity index (χ1) is 7.72. The van der Waals surface area contributed by atoms with Gasteiger partial charge in [-0.15, -0.1) is 0 Å². The van der Waals surface area contributed by atoms with Crippen LogP contribution in [-0.4, -0.2) is 26.6 Å². The minimum absolute atomic E-state index is 0.471. The van der Waals surface area contributed by atoms with Gasteiger partial charge in [0.1, 0.15) is 12.0 Å². The number of aldehydes is 1. The van der Waals surface area contributed by atoms with E-state index in [1.165, 1.54) is 0 Å². The van der Waals surface area contributed by atoms with Gasteiger partial charge in [0.25, 0.3) is 0 Å². The van der Waals surface area contributed by atoms with Crippen LogP contribution in [0.5, 0.6) is 5.75 Å². The number of aryl methyl sites for hydroxylation is 1. The summed E-state index contributed by atoms with van der Waals surface area (Å²) in [4.78, 5) is 11.3. The maximum atomic E-state index is 11.3. The summed E-state index contributed by atoms with van der Waals surface area (Å²) in [5.41, 5.74) is 1.59. The van der Waals surface area contributed by atoms with Crippen LogP contribution in [0.1, 0.15) is 17.5 Å². The average Bonchev–Trinajstić information content (AvgIpc) is 2.79. The second-order valence-electron chi connectivity index (χ2n) is 4.26. The average molecular weight is 220 g/mol. The molecule has 1 aromatic carbocycles. The van der Waals surface area contributed by atoms with Gasteiger partial charge in [0.15, 0.2) is 0 Å². The number of benzene rings is 1. The molecule has 1 unspecified atom stereocenters. The van der Waals surface area contributed by atoms with Crippen LogP contribution >= 0.6 is 0 Å². The predicted octanol–water partition coefficient (Wildman–Crippen LogP) is 1.86. The van der Waals surface area contributed by atoms with Gasteiger partial charge in [-0.1, -0.05) is 12.1 Å². The maximum absolute atomic E-state index is 11.3. The van der Waals surface area contributed by atoms with Gasteiger partial charge < -0.3 is 14.3 Å². The molecule has 0 spiro atoms. The molecule has 1 atom stereocenters. The van der Waals surface area contributed by atoms with Gasteiger partial charge in [-0.3, -0.25) is 0 Å². The lowest BCUT2D eigenvalue weighted by Crippen LogP contribution is -2.28. The second kappa shape index (κ2) is 4.26. The fourth-order valence-corrected chi connectivity index (χ4v) is 2.10. The van der Waals surface area contributed by atoms with Crippen molar-refractivity contribution >= 4 is 6.29 Å². The minimum atomic E-state index is -0.471. The first-order valence-corrected chi connectivity index (χ1v) is 5.41. The molecular weight excluding hydrogens is 204 g/mol. The summed E-state index contributed by atoms with van der Waals surface area (Å²) in [6.07, 6.45) is 1.76. The van der Waals surface area contributed by atoms with Gasteiger partial charge in [-0.2, -0.15) is 0 Å². The zero-order valence-electron chi connectivity index (χ0n) is 9.66. The van der Waals surface area contributed by atoms with Crippen LogP contribution in [0.2, 0.25) is 0 Å². The molecule has 0 aliphatic carbocycles. The molecule has 0 aromatic heterocycles. The third-order valence-electron chi connectivity index (χ3n) is 3.26. The third-order valence-corrected chi connectivity index (χ3v) is 3.26. The summed E-state index contributed by atoms with van der Waals surface area (Å²) in [5.74, 6) is 0.825. The van der Waals surface area contributed by atoms with E-state index in [0.29, 0.717) is 13.2 Å². The zero-order valence-corrected chi connectivity index (χ0v) is 9.66. The van der Waals surface area contributed by atoms with Crippen molar-refractivity contribution in [3.8, 4) is 5.75 Å². The van der Waals surface area contributed by atoms with E-state index in [4.69, 9.17) is 9.47 Å². The molecule has 16 heavy (non-hydrogen) atoms. The molecule has 1 fully saturated rings. The highest BCUT2D eigenvalue weighted by Gasteiger charge is 2.36. The Labute approximate surface area is 95.4 Å². The molecule has 86 valence electrons. The highest BCUT2D eigenvalue weighted by molar-refractivity contribution is 5.70. The van der Waals surface area contributed by atoms with Crippen LogP contribution in [0.4, 0.5) is 0 Å². The van der Waals surface area contributed by atoms with Crippen LogP contribution in [-0.2, 0) is 14.9 Å². The van der Waals surface area contributed by atoms with E-state index in [1.54, 1.807) is 7.11 Å². The third kappa shape index (κ3) is 1.71. The summed E-state index contributed by atoms with van der Waals surface area (Å²) in [6.45, 7) is 3.11. The van der Waals surface area contributed by atoms with Crippen molar-refractivity contribution in [3.63, 3.8) is 0 Å². The first kappa shape index (κ1) is 11.1. The van der Waals surface area contributed by atoms with Crippen molar-refractivity contribution in [3.05, 3.63) is 29.3 Å². The molecule has 3 nitrogen and oxygen atoms in total. The highest BCUT2D eigenvalue weighted by Crippen LogP contribution is 2.34. The van der Waals surface area contributed by atoms with Crippen LogP contribution in [0.3, 0.4) is 0 Å². The first-order valence-electron chi connectivity index (χ1n) is 5.41. The molecule has 0 amide bonds. The lowest BCUT2D eigenvalue weighted by Gasteiger charge is -2.21. The summed E-state index contributed by atoms with van der Waals surface area (Å²) >= 11 is 0. The topological polar surface area (TPSA) is 35.5 Å². The van der Waals surface area contributed by atoms with Gasteiger partial charge in [-0.05, 0) is 30.5 Å². The van der Waals surface area contributed by atoms with E-state index in [9.17, 15) is 4.79 Å². The summed E-state index contributed by atoms with van der Waals surface area (Å²) in [6, 6.07) is 5.91. The fraction of sp³-hybridized carbons (Fsp3) is 0.462. The van der Waals surface area contributed by atoms with Crippen molar-refractivity contribution in [2.75, 3.05) is 20.3 Å². The normalized spacial score (nSPS) is 24.4. The number of carbonyl (C=O) groups is 1. The SMILES string of the molecule is COc1cc(C2(C=O)CCOC2)ccc1C. The number of hydrogen-bond acceptors (Lipinski definition) is 3. The molecule has 1 aromatic rings. The van der Waals surface area contributed by atoms with Crippen molar-refractivity contribution in [1.29, 1.82) is 0 Å². The van der Waals surface area contributed by atoms with E-state index in [1.807, 2.05) is 25.1 Å². The van der Waals surface area contributed by atoms with Crippen molar-refractivity contribution < 1.29 is 14.3 Å². The van der Waals surface area contributed by atoms with Gasteiger partial charge in [0, 0.05) is 6.61 Å². The minimum Gasteiger partial charge on any atom is -0.496 e. The van der Waals surface area contributed by atoms with Crippen LogP contribution < -0.4 is 4.74 Å². The van der Waals surface area contributed by atoms with Gasteiger partial charge >= 0.3 is 0 Å². The predicted molar refractivity (Wildman–Crippen MR) is 60.9 cm³/mol. The Bertz CT molecular complexity index is 392. The van der Waals surface area contributed by atoms with Crippen LogP contribution in [0.15, 0.2) is 18.2 Å². The monoisotopic (exact) mass is 220 g/mol. The van der Waals surface area contributed by atoms with Crippen LogP contribution in [0.25, 0.3) is 0 Å². The van der Waals surface area contributed by atoms with Crippen molar-refractivity contribution in [2.24, 2.45) is 0 Å². The Morgan fingerprint density at radius 2 is 2.31 bits per heavy atom. The Balaban J connectivity index is 2.42. The number of hydrogen-bond donors (Lipinski definition) is 0. The molecule has 0 N–H and O–H groups in total. The Kier molecular flexibility index (Phi) is 2.97. The molecule has 1 aliphatic heterocycles. The Morgan fingerprint density at radius 3 is 2.88 bits per heavy atom. The van der Waals surface area contributed by atoms with Crippen molar-refractivity contribution in [2.45, 2.75) is 18.8 Å². The van der Waals surface area contributed by atoms with Gasteiger partial charge in [0.2, 0.25) is 0 Å². The lowest BCUT2D eigenvalue weighted by molar-refractivity contribution is -0.112. The molecule has 2 rings (SSSR count). The van der Waals surface area contributed by atoms with E-state index >= 15 is 0 Å². The van der Waals surface area contributed by atoms with E-state index in [0.717, 1.165) is 29.6 Å². The molecular formula is C13H16O3. The summed E-state index contributed by atoms with van der Waals surface area (Å²) in [7, 11) is 1.64. The fourth-order valence-electron chi connectivity index (χ4n) is 2.10. The van der Waals surface area contributed by atoms with E-state index < -0.39 is 5.41 Å². The summed E-state index contributed by atoms with van der Waals surface area (Å²) < 4.78 is 10.6. The van der Waals surface area contributed by atoms with Crippen LogP contribution in [0, 0.1) is 6.92 Å². The van der Waals surface area contributed by atoms with E-state index in [-0.39, 0.29) is 0 Å². The summed E-state index contributed by atoms with van der Waals surface area (Å²) in [5, 5.41) is 0. The largest absolute Gasteiger partial charge is 0.496 e. The van der Waals surface area contributed by atoms with Gasteiger partial charge in [0.05, 0.1) is 19.1 Å². The van der Waals surface area contributed by atoms with Crippen molar-refractivity contribution in [1.82, 2.24) is 0 Å². The lowest BCUT2D eigenvalue weighted by atomic mass is 9.81. The number of rotatable bonds is 3. The standard InChI is InChI=1S/C13H16O3/c1-10-3-4-11(7-12(10)15-2)13(8-14)5-6-16-9-13/h3-4,7-8H,5-6,9H2,1-2H3. The molecule has 0 saturated carbocycles. The molecule has 1 heterocycles.